The van der Waals surface area contributed by atoms with Gasteiger partial charge in [-0.1, -0.05) is 17.7 Å². The Kier molecular flexibility index (Phi) is 4.68. The van der Waals surface area contributed by atoms with Gasteiger partial charge in [0.05, 0.1) is 25.3 Å². The lowest BCUT2D eigenvalue weighted by Gasteiger charge is -2.22. The van der Waals surface area contributed by atoms with Crippen LogP contribution in [0.5, 0.6) is 5.75 Å². The van der Waals surface area contributed by atoms with Crippen molar-refractivity contribution in [2.75, 3.05) is 6.61 Å². The van der Waals surface area contributed by atoms with Gasteiger partial charge in [0, 0.05) is 17.0 Å². The molecule has 1 aliphatic rings. The number of carbonyl (C=O) groups excluding carboxylic acids is 1. The SMILES string of the molecule is O=C(CCOc1cccc(Cl)c1)NC1CCCc2occc21. The van der Waals surface area contributed by atoms with Crippen LogP contribution in [0.1, 0.15) is 36.6 Å². The van der Waals surface area contributed by atoms with Gasteiger partial charge in [0.25, 0.3) is 0 Å². The molecule has 22 heavy (non-hydrogen) atoms. The number of aryl methyl sites for hydroxylation is 1. The number of halogens is 1. The quantitative estimate of drug-likeness (QED) is 0.909. The van der Waals surface area contributed by atoms with Crippen LogP contribution in [0.4, 0.5) is 0 Å². The first kappa shape index (κ1) is 15.0. The molecule has 116 valence electrons. The van der Waals surface area contributed by atoms with E-state index in [4.69, 9.17) is 20.8 Å². The highest BCUT2D eigenvalue weighted by atomic mass is 35.5. The second-order valence-electron chi connectivity index (χ2n) is 5.37. The molecule has 1 atom stereocenters. The van der Waals surface area contributed by atoms with E-state index < -0.39 is 0 Å². The number of furan rings is 1. The molecule has 1 aromatic carbocycles. The molecule has 5 heteroatoms. The second-order valence-corrected chi connectivity index (χ2v) is 5.80. The molecule has 2 aromatic rings. The summed E-state index contributed by atoms with van der Waals surface area (Å²) in [6.07, 6.45) is 4.94. The Bertz CT molecular complexity index is 653. The first-order valence-corrected chi connectivity index (χ1v) is 7.84. The molecular weight excluding hydrogens is 302 g/mol. The van der Waals surface area contributed by atoms with Crippen LogP contribution in [0.25, 0.3) is 0 Å². The molecule has 1 aromatic heterocycles. The molecule has 4 nitrogen and oxygen atoms in total. The first-order valence-electron chi connectivity index (χ1n) is 7.46. The van der Waals surface area contributed by atoms with Gasteiger partial charge in [0.1, 0.15) is 11.5 Å². The normalized spacial score (nSPS) is 16.9. The summed E-state index contributed by atoms with van der Waals surface area (Å²) in [6.45, 7) is 0.330. The van der Waals surface area contributed by atoms with Crippen molar-refractivity contribution in [1.29, 1.82) is 0 Å². The summed E-state index contributed by atoms with van der Waals surface area (Å²) in [7, 11) is 0. The molecule has 1 unspecified atom stereocenters. The zero-order valence-electron chi connectivity index (χ0n) is 12.2. The van der Waals surface area contributed by atoms with Crippen LogP contribution in [0.3, 0.4) is 0 Å². The molecule has 0 fully saturated rings. The smallest absolute Gasteiger partial charge is 0.223 e. The predicted octanol–water partition coefficient (Wildman–Crippen LogP) is 3.90. The highest BCUT2D eigenvalue weighted by molar-refractivity contribution is 6.30. The van der Waals surface area contributed by atoms with Gasteiger partial charge in [-0.25, -0.2) is 0 Å². The summed E-state index contributed by atoms with van der Waals surface area (Å²) < 4.78 is 11.0. The van der Waals surface area contributed by atoms with Crippen molar-refractivity contribution >= 4 is 17.5 Å². The molecular formula is C17H18ClNO3. The molecule has 0 aliphatic heterocycles. The largest absolute Gasteiger partial charge is 0.493 e. The van der Waals surface area contributed by atoms with E-state index in [0.29, 0.717) is 23.8 Å². The van der Waals surface area contributed by atoms with Gasteiger partial charge in [-0.2, -0.15) is 0 Å². The van der Waals surface area contributed by atoms with Crippen molar-refractivity contribution in [3.63, 3.8) is 0 Å². The van der Waals surface area contributed by atoms with E-state index in [1.54, 1.807) is 18.4 Å². The third-order valence-corrected chi connectivity index (χ3v) is 4.02. The van der Waals surface area contributed by atoms with Gasteiger partial charge in [-0.05, 0) is 37.1 Å². The molecule has 0 saturated heterocycles. The Balaban J connectivity index is 1.48. The van der Waals surface area contributed by atoms with Crippen molar-refractivity contribution in [3.8, 4) is 5.75 Å². The van der Waals surface area contributed by atoms with Crippen LogP contribution in [0, 0.1) is 0 Å². The summed E-state index contributed by atoms with van der Waals surface area (Å²) >= 11 is 5.88. The maximum Gasteiger partial charge on any atom is 0.223 e. The zero-order valence-corrected chi connectivity index (χ0v) is 12.9. The summed E-state index contributed by atoms with van der Waals surface area (Å²) in [6, 6.07) is 9.16. The van der Waals surface area contributed by atoms with Gasteiger partial charge in [-0.15, -0.1) is 0 Å². The lowest BCUT2D eigenvalue weighted by atomic mass is 9.93. The number of ether oxygens (including phenoxy) is 1. The third kappa shape index (κ3) is 3.63. The van der Waals surface area contributed by atoms with Gasteiger partial charge in [-0.3, -0.25) is 4.79 Å². The Morgan fingerprint density at radius 2 is 2.32 bits per heavy atom. The van der Waals surface area contributed by atoms with E-state index in [-0.39, 0.29) is 11.9 Å². The Hall–Kier alpha value is -1.94. The summed E-state index contributed by atoms with van der Waals surface area (Å²) in [5.41, 5.74) is 1.11. The maximum atomic E-state index is 12.1. The minimum Gasteiger partial charge on any atom is -0.493 e. The van der Waals surface area contributed by atoms with Crippen LogP contribution in [-0.4, -0.2) is 12.5 Å². The van der Waals surface area contributed by atoms with Crippen molar-refractivity contribution in [2.45, 2.75) is 31.7 Å². The van der Waals surface area contributed by atoms with Crippen molar-refractivity contribution in [1.82, 2.24) is 5.32 Å². The van der Waals surface area contributed by atoms with Gasteiger partial charge in [0.2, 0.25) is 5.91 Å². The molecule has 3 rings (SSSR count). The molecule has 1 heterocycles. The minimum atomic E-state index is -0.0129. The van der Waals surface area contributed by atoms with Crippen LogP contribution in [-0.2, 0) is 11.2 Å². The van der Waals surface area contributed by atoms with E-state index in [0.717, 1.165) is 30.6 Å². The maximum absolute atomic E-state index is 12.1. The fourth-order valence-electron chi connectivity index (χ4n) is 2.72. The number of hydrogen-bond donors (Lipinski definition) is 1. The summed E-state index contributed by atoms with van der Waals surface area (Å²) in [5, 5.41) is 3.68. The van der Waals surface area contributed by atoms with Gasteiger partial charge >= 0.3 is 0 Å². The standard InChI is InChI=1S/C17H18ClNO3/c18-12-3-1-4-13(11-12)21-10-8-17(20)19-15-5-2-6-16-14(15)7-9-22-16/h1,3-4,7,9,11,15H,2,5-6,8,10H2,(H,19,20). The predicted molar refractivity (Wildman–Crippen MR) is 84.1 cm³/mol. The Labute approximate surface area is 134 Å². The first-order chi connectivity index (χ1) is 10.7. The number of benzene rings is 1. The van der Waals surface area contributed by atoms with Crippen molar-refractivity contribution < 1.29 is 13.9 Å². The average molecular weight is 320 g/mol. The number of fused-ring (bicyclic) bond motifs is 1. The highest BCUT2D eigenvalue weighted by Gasteiger charge is 2.23. The van der Waals surface area contributed by atoms with E-state index in [1.165, 1.54) is 0 Å². The Morgan fingerprint density at radius 3 is 3.18 bits per heavy atom. The van der Waals surface area contributed by atoms with Crippen LogP contribution in [0.15, 0.2) is 41.0 Å². The van der Waals surface area contributed by atoms with Crippen LogP contribution >= 0.6 is 11.6 Å². The molecule has 0 bridgehead atoms. The van der Waals surface area contributed by atoms with Crippen molar-refractivity contribution in [2.24, 2.45) is 0 Å². The number of amides is 1. The van der Waals surface area contributed by atoms with Crippen molar-refractivity contribution in [3.05, 3.63) is 52.9 Å². The monoisotopic (exact) mass is 319 g/mol. The average Bonchev–Trinajstić information content (AvgIpc) is 2.97. The number of hydrogen-bond acceptors (Lipinski definition) is 3. The third-order valence-electron chi connectivity index (χ3n) is 3.78. The molecule has 0 spiro atoms. The van der Waals surface area contributed by atoms with E-state index >= 15 is 0 Å². The van der Waals surface area contributed by atoms with E-state index in [2.05, 4.69) is 5.32 Å². The highest BCUT2D eigenvalue weighted by Crippen LogP contribution is 2.30. The second kappa shape index (κ2) is 6.88. The number of rotatable bonds is 5. The van der Waals surface area contributed by atoms with Gasteiger partial charge < -0.3 is 14.5 Å². The fourth-order valence-corrected chi connectivity index (χ4v) is 2.90. The molecule has 1 amide bonds. The lowest BCUT2D eigenvalue weighted by Crippen LogP contribution is -2.31. The lowest BCUT2D eigenvalue weighted by molar-refractivity contribution is -0.122. The molecule has 1 aliphatic carbocycles. The zero-order chi connectivity index (χ0) is 15.4. The number of carbonyl (C=O) groups is 1. The summed E-state index contributed by atoms with van der Waals surface area (Å²) in [5.74, 6) is 1.66. The molecule has 0 radical (unpaired) electrons. The molecule has 0 saturated carbocycles. The van der Waals surface area contributed by atoms with E-state index in [1.807, 2.05) is 18.2 Å². The van der Waals surface area contributed by atoms with Gasteiger partial charge in [0.15, 0.2) is 0 Å². The molecule has 1 N–H and O–H groups in total. The topological polar surface area (TPSA) is 51.5 Å². The van der Waals surface area contributed by atoms with Crippen LogP contribution < -0.4 is 10.1 Å². The number of nitrogens with one attached hydrogen (secondary N) is 1. The Morgan fingerprint density at radius 1 is 1.41 bits per heavy atom. The minimum absolute atomic E-state index is 0.0129. The van der Waals surface area contributed by atoms with E-state index in [9.17, 15) is 4.79 Å². The fraction of sp³-hybridized carbons (Fsp3) is 0.353. The summed E-state index contributed by atoms with van der Waals surface area (Å²) in [4.78, 5) is 12.1. The van der Waals surface area contributed by atoms with Crippen LogP contribution in [0.2, 0.25) is 5.02 Å².